The summed E-state index contributed by atoms with van der Waals surface area (Å²) in [5.74, 6) is 0. The molecule has 1 aromatic heterocycles. The topological polar surface area (TPSA) is 51.0 Å². The van der Waals surface area contributed by atoms with Gasteiger partial charge < -0.3 is 10.6 Å². The molecule has 7 heteroatoms. The molecule has 0 aliphatic heterocycles. The number of para-hydroxylation sites is 1. The van der Waals surface area contributed by atoms with Crippen LogP contribution in [0, 0.1) is 13.8 Å². The fourth-order valence-corrected chi connectivity index (χ4v) is 3.18. The Hall–Kier alpha value is -2.38. The molecule has 5 nitrogen and oxygen atoms in total. The van der Waals surface area contributed by atoms with Crippen molar-refractivity contribution in [2.24, 2.45) is 7.05 Å². The van der Waals surface area contributed by atoms with E-state index in [4.69, 9.17) is 12.2 Å². The molecule has 0 bridgehead atoms. The lowest BCUT2D eigenvalue weighted by Gasteiger charge is -2.10. The molecule has 0 amide bonds. The molecule has 1 heterocycles. The number of aromatic nitrogens is 2. The largest absolute Gasteiger partial charge is 0.332 e. The molecule has 3 rings (SSSR count). The number of halogens is 1. The number of thiocarbonyl (C=S) groups is 1. The van der Waals surface area contributed by atoms with Crippen LogP contribution in [0.2, 0.25) is 0 Å². The van der Waals surface area contributed by atoms with Crippen molar-refractivity contribution in [1.82, 2.24) is 9.36 Å². The van der Waals surface area contributed by atoms with Gasteiger partial charge in [-0.3, -0.25) is 9.48 Å². The number of nitrogens with one attached hydrogen (secondary N) is 2. The van der Waals surface area contributed by atoms with Gasteiger partial charge in [0.1, 0.15) is 5.69 Å². The van der Waals surface area contributed by atoms with Crippen LogP contribution in [0.25, 0.3) is 5.69 Å². The fourth-order valence-electron chi connectivity index (χ4n) is 2.71. The summed E-state index contributed by atoms with van der Waals surface area (Å²) < 4.78 is 4.46. The quantitative estimate of drug-likeness (QED) is 0.605. The van der Waals surface area contributed by atoms with Gasteiger partial charge in [0, 0.05) is 17.2 Å². The van der Waals surface area contributed by atoms with E-state index in [9.17, 15) is 4.79 Å². The molecule has 3 aromatic rings. The van der Waals surface area contributed by atoms with Crippen molar-refractivity contribution < 1.29 is 0 Å². The smallest absolute Gasteiger partial charge is 0.295 e. The van der Waals surface area contributed by atoms with E-state index < -0.39 is 0 Å². The summed E-state index contributed by atoms with van der Waals surface area (Å²) in [6, 6.07) is 15.4. The van der Waals surface area contributed by atoms with E-state index in [1.807, 2.05) is 74.1 Å². The number of hydrogen-bond donors (Lipinski definition) is 2. The monoisotopic (exact) mass is 430 g/mol. The molecule has 0 fully saturated rings. The summed E-state index contributed by atoms with van der Waals surface area (Å²) in [6.45, 7) is 3.89. The van der Waals surface area contributed by atoms with Gasteiger partial charge in [-0.25, -0.2) is 4.68 Å². The first kappa shape index (κ1) is 18.4. The van der Waals surface area contributed by atoms with Crippen molar-refractivity contribution in [2.75, 3.05) is 10.6 Å². The highest BCUT2D eigenvalue weighted by molar-refractivity contribution is 9.10. The number of rotatable bonds is 3. The number of anilines is 2. The Labute approximate surface area is 165 Å². The standard InChI is InChI=1S/C19H19BrN4OS/c1-12-11-14(9-10-16(12)20)21-19(26)22-17-13(2)23(3)24(18(17)25)15-7-5-4-6-8-15/h4-11H,1-3H3,(H2,21,22,26). The third kappa shape index (κ3) is 3.59. The van der Waals surface area contributed by atoms with Crippen LogP contribution in [-0.4, -0.2) is 14.5 Å². The lowest BCUT2D eigenvalue weighted by atomic mass is 10.2. The van der Waals surface area contributed by atoms with Gasteiger partial charge in [0.15, 0.2) is 5.11 Å². The van der Waals surface area contributed by atoms with E-state index in [0.717, 1.165) is 27.1 Å². The van der Waals surface area contributed by atoms with Crippen molar-refractivity contribution in [2.45, 2.75) is 13.8 Å². The van der Waals surface area contributed by atoms with Crippen LogP contribution < -0.4 is 16.2 Å². The number of benzene rings is 2. The lowest BCUT2D eigenvalue weighted by Crippen LogP contribution is -2.25. The molecule has 0 aliphatic carbocycles. The lowest BCUT2D eigenvalue weighted by molar-refractivity contribution is 0.630. The molecule has 0 radical (unpaired) electrons. The highest BCUT2D eigenvalue weighted by Gasteiger charge is 2.17. The van der Waals surface area contributed by atoms with Crippen molar-refractivity contribution in [3.8, 4) is 5.69 Å². The zero-order valence-corrected chi connectivity index (χ0v) is 17.1. The second-order valence-corrected chi connectivity index (χ2v) is 7.24. The summed E-state index contributed by atoms with van der Waals surface area (Å²) in [5.41, 5.74) is 3.88. The third-order valence-electron chi connectivity index (χ3n) is 4.21. The van der Waals surface area contributed by atoms with E-state index >= 15 is 0 Å². The molecular weight excluding hydrogens is 412 g/mol. The van der Waals surface area contributed by atoms with Crippen LogP contribution >= 0.6 is 28.1 Å². The van der Waals surface area contributed by atoms with Gasteiger partial charge in [-0.05, 0) is 62.0 Å². The zero-order chi connectivity index (χ0) is 18.8. The maximum absolute atomic E-state index is 12.9. The number of hydrogen-bond acceptors (Lipinski definition) is 2. The summed E-state index contributed by atoms with van der Waals surface area (Å²) in [6.07, 6.45) is 0. The van der Waals surface area contributed by atoms with E-state index in [0.29, 0.717) is 10.8 Å². The van der Waals surface area contributed by atoms with E-state index in [1.165, 1.54) is 0 Å². The van der Waals surface area contributed by atoms with Gasteiger partial charge in [-0.15, -0.1) is 0 Å². The Morgan fingerprint density at radius 1 is 1.08 bits per heavy atom. The first-order chi connectivity index (χ1) is 12.4. The average Bonchev–Trinajstić information content (AvgIpc) is 2.82. The molecule has 2 N–H and O–H groups in total. The van der Waals surface area contributed by atoms with Crippen LogP contribution in [0.1, 0.15) is 11.3 Å². The predicted octanol–water partition coefficient (Wildman–Crippen LogP) is 4.36. The summed E-state index contributed by atoms with van der Waals surface area (Å²) in [4.78, 5) is 12.9. The molecular formula is C19H19BrN4OS. The SMILES string of the molecule is Cc1cc(NC(=S)Nc2c(C)n(C)n(-c3ccccc3)c2=O)ccc1Br. The van der Waals surface area contributed by atoms with Crippen molar-refractivity contribution >= 4 is 44.6 Å². The Balaban J connectivity index is 1.87. The molecule has 0 saturated carbocycles. The molecule has 134 valence electrons. The first-order valence-corrected chi connectivity index (χ1v) is 9.27. The molecule has 2 aromatic carbocycles. The molecule has 26 heavy (non-hydrogen) atoms. The maximum atomic E-state index is 12.9. The molecule has 0 unspecified atom stereocenters. The molecule has 0 aliphatic rings. The van der Waals surface area contributed by atoms with Crippen molar-refractivity contribution in [3.05, 3.63) is 74.6 Å². The molecule has 0 saturated heterocycles. The number of nitrogens with zero attached hydrogens (tertiary/aromatic N) is 2. The van der Waals surface area contributed by atoms with Gasteiger partial charge in [-0.1, -0.05) is 34.1 Å². The predicted molar refractivity (Wildman–Crippen MR) is 114 cm³/mol. The van der Waals surface area contributed by atoms with Gasteiger partial charge in [-0.2, -0.15) is 0 Å². The maximum Gasteiger partial charge on any atom is 0.295 e. The van der Waals surface area contributed by atoms with Crippen LogP contribution in [0.3, 0.4) is 0 Å². The van der Waals surface area contributed by atoms with Gasteiger partial charge in [0.25, 0.3) is 5.56 Å². The molecule has 0 atom stereocenters. The number of aryl methyl sites for hydroxylation is 1. The van der Waals surface area contributed by atoms with Crippen LogP contribution in [0.15, 0.2) is 57.8 Å². The Morgan fingerprint density at radius 3 is 2.42 bits per heavy atom. The Morgan fingerprint density at radius 2 is 1.77 bits per heavy atom. The normalized spacial score (nSPS) is 10.6. The molecule has 0 spiro atoms. The Kier molecular flexibility index (Phi) is 5.29. The van der Waals surface area contributed by atoms with Crippen molar-refractivity contribution in [1.29, 1.82) is 0 Å². The van der Waals surface area contributed by atoms with Gasteiger partial charge in [0.05, 0.1) is 11.4 Å². The zero-order valence-electron chi connectivity index (χ0n) is 14.7. The van der Waals surface area contributed by atoms with Crippen LogP contribution in [0.5, 0.6) is 0 Å². The minimum Gasteiger partial charge on any atom is -0.332 e. The summed E-state index contributed by atoms with van der Waals surface area (Å²) >= 11 is 8.87. The van der Waals surface area contributed by atoms with Gasteiger partial charge >= 0.3 is 0 Å². The van der Waals surface area contributed by atoms with E-state index in [1.54, 1.807) is 4.68 Å². The van der Waals surface area contributed by atoms with Gasteiger partial charge in [0.2, 0.25) is 0 Å². The fraction of sp³-hybridized carbons (Fsp3) is 0.158. The second-order valence-electron chi connectivity index (χ2n) is 5.98. The van der Waals surface area contributed by atoms with Crippen molar-refractivity contribution in [3.63, 3.8) is 0 Å². The van der Waals surface area contributed by atoms with E-state index in [-0.39, 0.29) is 5.56 Å². The Bertz CT molecular complexity index is 1020. The average molecular weight is 431 g/mol. The van der Waals surface area contributed by atoms with E-state index in [2.05, 4.69) is 26.6 Å². The third-order valence-corrected chi connectivity index (χ3v) is 5.30. The summed E-state index contributed by atoms with van der Waals surface area (Å²) in [7, 11) is 1.85. The minimum absolute atomic E-state index is 0.146. The first-order valence-electron chi connectivity index (χ1n) is 8.06. The highest BCUT2D eigenvalue weighted by Crippen LogP contribution is 2.20. The second kappa shape index (κ2) is 7.47. The summed E-state index contributed by atoms with van der Waals surface area (Å²) in [5, 5.41) is 6.54. The van der Waals surface area contributed by atoms with Crippen LogP contribution in [0.4, 0.5) is 11.4 Å². The van der Waals surface area contributed by atoms with Crippen LogP contribution in [-0.2, 0) is 7.05 Å². The highest BCUT2D eigenvalue weighted by atomic mass is 79.9. The minimum atomic E-state index is -0.146.